The van der Waals surface area contributed by atoms with Crippen LogP contribution in [0.5, 0.6) is 5.75 Å². The number of aromatic hydroxyl groups is 1. The number of morpholine rings is 1. The highest BCUT2D eigenvalue weighted by Gasteiger charge is 2.35. The van der Waals surface area contributed by atoms with Crippen molar-refractivity contribution in [3.05, 3.63) is 130 Å². The number of nitrogens with zero attached hydrogens (tertiary/aromatic N) is 4. The minimum atomic E-state index is -0.236. The second kappa shape index (κ2) is 14.6. The third-order valence-electron chi connectivity index (χ3n) is 11.2. The van der Waals surface area contributed by atoms with Gasteiger partial charge in [0.15, 0.2) is 0 Å². The Labute approximate surface area is 319 Å². The number of carbonyl (C=O) groups excluding carboxylic acids is 2. The normalized spacial score (nSPS) is 18.0. The van der Waals surface area contributed by atoms with Gasteiger partial charge in [0, 0.05) is 78.5 Å². The van der Waals surface area contributed by atoms with Crippen molar-refractivity contribution in [3.8, 4) is 17.0 Å². The van der Waals surface area contributed by atoms with Gasteiger partial charge in [-0.25, -0.2) is 0 Å². The van der Waals surface area contributed by atoms with Crippen molar-refractivity contribution >= 4 is 40.5 Å². The molecule has 0 spiro atoms. The molecule has 0 radical (unpaired) electrons. The van der Waals surface area contributed by atoms with Crippen LogP contribution in [-0.4, -0.2) is 83.3 Å². The fourth-order valence-electron chi connectivity index (χ4n) is 8.41. The summed E-state index contributed by atoms with van der Waals surface area (Å²) < 4.78 is 13.7. The van der Waals surface area contributed by atoms with Crippen molar-refractivity contribution in [1.82, 2.24) is 14.4 Å². The number of carbonyl (C=O) groups is 2. The smallest absolute Gasteiger partial charge is 0.264 e. The Kier molecular flexibility index (Phi) is 9.36. The van der Waals surface area contributed by atoms with Gasteiger partial charge < -0.3 is 29.4 Å². The molecule has 5 heterocycles. The highest BCUT2D eigenvalue weighted by Crippen LogP contribution is 2.39. The molecule has 2 amide bonds. The van der Waals surface area contributed by atoms with Gasteiger partial charge in [-0.2, -0.15) is 0 Å². The van der Waals surface area contributed by atoms with Crippen LogP contribution in [0.25, 0.3) is 11.3 Å². The fraction of sp³-hybridized carbons (Fsp3) is 0.302. The lowest BCUT2D eigenvalue weighted by molar-refractivity contribution is 0.0193. The molecule has 0 bridgehead atoms. The fourth-order valence-corrected chi connectivity index (χ4v) is 8.58. The highest BCUT2D eigenvalue weighted by atomic mass is 35.5. The Bertz CT molecular complexity index is 2230. The first kappa shape index (κ1) is 34.6. The summed E-state index contributed by atoms with van der Waals surface area (Å²) in [5.41, 5.74) is 9.16. The van der Waals surface area contributed by atoms with Crippen molar-refractivity contribution in [3.63, 3.8) is 0 Å². The number of benzene rings is 4. The van der Waals surface area contributed by atoms with Crippen molar-refractivity contribution in [1.29, 1.82) is 0 Å². The molecule has 10 nitrogen and oxygen atoms in total. The third kappa shape index (κ3) is 6.53. The summed E-state index contributed by atoms with van der Waals surface area (Å²) in [6.07, 6.45) is 1.63. The third-order valence-corrected chi connectivity index (χ3v) is 11.4. The van der Waals surface area contributed by atoms with Crippen LogP contribution in [0.4, 0.5) is 17.1 Å². The predicted octanol–water partition coefficient (Wildman–Crippen LogP) is 6.89. The molecule has 4 aliphatic heterocycles. The quantitative estimate of drug-likeness (QED) is 0.187. The monoisotopic (exact) mass is 743 g/mol. The van der Waals surface area contributed by atoms with Gasteiger partial charge in [-0.1, -0.05) is 35.9 Å². The van der Waals surface area contributed by atoms with Crippen LogP contribution in [0.1, 0.15) is 43.1 Å². The van der Waals surface area contributed by atoms with E-state index in [0.717, 1.165) is 72.9 Å². The number of hydrogen-bond donors (Lipinski definition) is 2. The summed E-state index contributed by atoms with van der Waals surface area (Å²) in [5, 5.41) is 14.0. The van der Waals surface area contributed by atoms with E-state index < -0.39 is 0 Å². The maximum absolute atomic E-state index is 15.0. The van der Waals surface area contributed by atoms with E-state index in [4.69, 9.17) is 21.1 Å². The molecule has 2 N–H and O–H groups in total. The molecule has 0 unspecified atom stereocenters. The SMILES string of the molecule is O=C(c1cc(-c2cc(Cl)ccc2C(=O)N2Cc3ccccc3C[C@H]2CN2CCOCC2)n2c1COCC2)N(c1ccc(O)cc1)c1ccc2c(c1)CCN2. The van der Waals surface area contributed by atoms with Crippen LogP contribution in [0.2, 0.25) is 5.02 Å². The van der Waals surface area contributed by atoms with Gasteiger partial charge in [0.25, 0.3) is 11.8 Å². The minimum Gasteiger partial charge on any atom is -0.508 e. The summed E-state index contributed by atoms with van der Waals surface area (Å²) in [6, 6.07) is 28.4. The molecule has 11 heteroatoms. The Balaban J connectivity index is 1.12. The number of halogens is 1. The standard InChI is InChI=1S/C43H42ClN5O5/c44-31-5-11-36(42(51)48-25-30-4-2-1-3-28(30)21-34(48)26-46-15-18-53-19-16-46)37(23-31)40-24-38(41-27-54-20-17-47(40)41)43(52)49(32-6-9-35(50)10-7-32)33-8-12-39-29(22-33)13-14-45-39/h1-12,22-24,34,45,50H,13-21,25-27H2/t34-/m0/s1. The average Bonchev–Trinajstić information content (AvgIpc) is 3.84. The lowest BCUT2D eigenvalue weighted by atomic mass is 9.92. The number of phenolic OH excluding ortho intramolecular Hbond substituents is 1. The van der Waals surface area contributed by atoms with E-state index in [1.54, 1.807) is 35.2 Å². The molecule has 1 atom stereocenters. The molecule has 4 aliphatic rings. The number of fused-ring (bicyclic) bond motifs is 3. The van der Waals surface area contributed by atoms with Crippen LogP contribution in [0, 0.1) is 0 Å². The van der Waals surface area contributed by atoms with Crippen molar-refractivity contribution < 1.29 is 24.2 Å². The molecule has 0 saturated carbocycles. The van der Waals surface area contributed by atoms with Crippen LogP contribution in [0.3, 0.4) is 0 Å². The Morgan fingerprint density at radius 2 is 1.61 bits per heavy atom. The molecule has 5 aromatic rings. The summed E-state index contributed by atoms with van der Waals surface area (Å²) in [4.78, 5) is 36.1. The molecule has 4 aromatic carbocycles. The minimum absolute atomic E-state index is 0.0258. The van der Waals surface area contributed by atoms with E-state index in [1.165, 1.54) is 5.56 Å². The van der Waals surface area contributed by atoms with E-state index in [0.29, 0.717) is 60.3 Å². The number of rotatable bonds is 7. The van der Waals surface area contributed by atoms with E-state index >= 15 is 0 Å². The summed E-state index contributed by atoms with van der Waals surface area (Å²) >= 11 is 6.73. The summed E-state index contributed by atoms with van der Waals surface area (Å²) in [5.74, 6) is -0.189. The van der Waals surface area contributed by atoms with Gasteiger partial charge in [-0.15, -0.1) is 0 Å². The van der Waals surface area contributed by atoms with Gasteiger partial charge in [0.1, 0.15) is 5.75 Å². The molecule has 1 saturated heterocycles. The van der Waals surface area contributed by atoms with Crippen molar-refractivity contribution in [2.45, 2.75) is 38.6 Å². The van der Waals surface area contributed by atoms with E-state index in [1.807, 2.05) is 41.3 Å². The van der Waals surface area contributed by atoms with Gasteiger partial charge in [0.05, 0.1) is 43.4 Å². The van der Waals surface area contributed by atoms with Crippen LogP contribution in [0.15, 0.2) is 91.0 Å². The first-order valence-electron chi connectivity index (χ1n) is 18.7. The Hall–Kier alpha value is -5.13. The van der Waals surface area contributed by atoms with Crippen LogP contribution < -0.4 is 10.2 Å². The highest BCUT2D eigenvalue weighted by molar-refractivity contribution is 6.31. The predicted molar refractivity (Wildman–Crippen MR) is 209 cm³/mol. The average molecular weight is 744 g/mol. The molecular formula is C43H42ClN5O5. The number of amides is 2. The number of anilines is 3. The Morgan fingerprint density at radius 3 is 2.44 bits per heavy atom. The summed E-state index contributed by atoms with van der Waals surface area (Å²) in [7, 11) is 0. The number of hydrogen-bond acceptors (Lipinski definition) is 7. The number of phenols is 1. The Morgan fingerprint density at radius 1 is 0.833 bits per heavy atom. The molecule has 0 aliphatic carbocycles. The maximum Gasteiger partial charge on any atom is 0.264 e. The zero-order chi connectivity index (χ0) is 36.8. The van der Waals surface area contributed by atoms with Crippen molar-refractivity contribution in [2.75, 3.05) is 56.2 Å². The lowest BCUT2D eigenvalue weighted by Gasteiger charge is -2.40. The molecule has 1 aromatic heterocycles. The topological polar surface area (TPSA) is 99.5 Å². The largest absolute Gasteiger partial charge is 0.508 e. The lowest BCUT2D eigenvalue weighted by Crippen LogP contribution is -2.52. The number of nitrogens with one attached hydrogen (secondary N) is 1. The summed E-state index contributed by atoms with van der Waals surface area (Å²) in [6.45, 7) is 6.39. The molecular weight excluding hydrogens is 702 g/mol. The number of ether oxygens (including phenoxy) is 2. The van der Waals surface area contributed by atoms with Crippen molar-refractivity contribution in [2.24, 2.45) is 0 Å². The van der Waals surface area contributed by atoms with E-state index in [2.05, 4.69) is 39.0 Å². The van der Waals surface area contributed by atoms with Gasteiger partial charge in [0.2, 0.25) is 0 Å². The molecule has 54 heavy (non-hydrogen) atoms. The van der Waals surface area contributed by atoms with Gasteiger partial charge in [-0.05, 0) is 96.3 Å². The zero-order valence-electron chi connectivity index (χ0n) is 30.0. The van der Waals surface area contributed by atoms with Crippen LogP contribution >= 0.6 is 11.6 Å². The first-order valence-corrected chi connectivity index (χ1v) is 19.1. The van der Waals surface area contributed by atoms with Gasteiger partial charge >= 0.3 is 0 Å². The zero-order valence-corrected chi connectivity index (χ0v) is 30.7. The molecule has 276 valence electrons. The number of aromatic nitrogens is 1. The van der Waals surface area contributed by atoms with E-state index in [9.17, 15) is 14.7 Å². The van der Waals surface area contributed by atoms with Gasteiger partial charge in [-0.3, -0.25) is 19.4 Å². The second-order valence-corrected chi connectivity index (χ2v) is 14.9. The second-order valence-electron chi connectivity index (χ2n) is 14.4. The van der Waals surface area contributed by atoms with Crippen LogP contribution in [-0.2, 0) is 42.0 Å². The van der Waals surface area contributed by atoms with E-state index in [-0.39, 0.29) is 30.2 Å². The molecule has 9 rings (SSSR count). The first-order chi connectivity index (χ1) is 26.4. The maximum atomic E-state index is 15.0. The molecule has 1 fully saturated rings.